The number of fused-ring (bicyclic) bond motifs is 1. The van der Waals surface area contributed by atoms with Gasteiger partial charge in [0.2, 0.25) is 0 Å². The number of aryl methyl sites for hydroxylation is 3. The van der Waals surface area contributed by atoms with E-state index in [1.165, 1.54) is 24.0 Å². The van der Waals surface area contributed by atoms with Crippen molar-refractivity contribution in [2.45, 2.75) is 32.6 Å². The van der Waals surface area contributed by atoms with Gasteiger partial charge >= 0.3 is 0 Å². The Kier molecular flexibility index (Phi) is 3.75. The molecule has 0 spiro atoms. The van der Waals surface area contributed by atoms with Crippen molar-refractivity contribution in [3.05, 3.63) is 68.7 Å². The van der Waals surface area contributed by atoms with Gasteiger partial charge < -0.3 is 0 Å². The lowest BCUT2D eigenvalue weighted by Crippen LogP contribution is -2.05. The molecule has 20 heavy (non-hydrogen) atoms. The van der Waals surface area contributed by atoms with E-state index in [0.717, 1.165) is 27.6 Å². The SMILES string of the molecule is Cc1ccc(C(=O)Cc2ccc3c(c2)CCC3)c(Br)c1. The number of rotatable bonds is 3. The molecule has 0 unspecified atom stereocenters. The van der Waals surface area contributed by atoms with Crippen molar-refractivity contribution >= 4 is 21.7 Å². The predicted molar refractivity (Wildman–Crippen MR) is 85.4 cm³/mol. The molecule has 0 saturated heterocycles. The van der Waals surface area contributed by atoms with Gasteiger partial charge in [0.05, 0.1) is 0 Å². The van der Waals surface area contributed by atoms with Crippen molar-refractivity contribution in [3.8, 4) is 0 Å². The minimum Gasteiger partial charge on any atom is -0.294 e. The van der Waals surface area contributed by atoms with E-state index in [2.05, 4.69) is 34.1 Å². The maximum atomic E-state index is 12.4. The van der Waals surface area contributed by atoms with Crippen LogP contribution in [0.2, 0.25) is 0 Å². The second-order valence-electron chi connectivity index (χ2n) is 5.54. The normalized spacial score (nSPS) is 13.3. The molecule has 3 rings (SSSR count). The second-order valence-corrected chi connectivity index (χ2v) is 6.39. The van der Waals surface area contributed by atoms with Crippen molar-refractivity contribution in [1.29, 1.82) is 0 Å². The van der Waals surface area contributed by atoms with Gasteiger partial charge in [0.1, 0.15) is 0 Å². The summed E-state index contributed by atoms with van der Waals surface area (Å²) in [4.78, 5) is 12.4. The number of hydrogen-bond donors (Lipinski definition) is 0. The lowest BCUT2D eigenvalue weighted by molar-refractivity contribution is 0.0992. The Morgan fingerprint density at radius 1 is 1.10 bits per heavy atom. The van der Waals surface area contributed by atoms with E-state index in [4.69, 9.17) is 0 Å². The maximum Gasteiger partial charge on any atom is 0.168 e. The van der Waals surface area contributed by atoms with E-state index in [1.54, 1.807) is 0 Å². The second kappa shape index (κ2) is 5.53. The van der Waals surface area contributed by atoms with E-state index in [-0.39, 0.29) is 5.78 Å². The molecule has 0 aromatic heterocycles. The average molecular weight is 329 g/mol. The van der Waals surface area contributed by atoms with Gasteiger partial charge in [0.15, 0.2) is 5.78 Å². The van der Waals surface area contributed by atoms with Gasteiger partial charge in [0, 0.05) is 16.5 Å². The van der Waals surface area contributed by atoms with Crippen LogP contribution >= 0.6 is 15.9 Å². The van der Waals surface area contributed by atoms with E-state index in [0.29, 0.717) is 6.42 Å². The number of hydrogen-bond acceptors (Lipinski definition) is 1. The average Bonchev–Trinajstić information content (AvgIpc) is 2.85. The fraction of sp³-hybridized carbons (Fsp3) is 0.278. The molecule has 2 aromatic rings. The van der Waals surface area contributed by atoms with Crippen LogP contribution in [0.3, 0.4) is 0 Å². The van der Waals surface area contributed by atoms with Crippen LogP contribution in [0.1, 0.15) is 39.0 Å². The largest absolute Gasteiger partial charge is 0.294 e. The highest BCUT2D eigenvalue weighted by molar-refractivity contribution is 9.10. The highest BCUT2D eigenvalue weighted by Gasteiger charge is 2.14. The molecular weight excluding hydrogens is 312 g/mol. The zero-order valence-corrected chi connectivity index (χ0v) is 13.2. The molecule has 0 saturated carbocycles. The first-order valence-corrected chi connectivity index (χ1v) is 7.83. The first kappa shape index (κ1) is 13.6. The number of carbonyl (C=O) groups excluding carboxylic acids is 1. The minimum atomic E-state index is 0.176. The van der Waals surface area contributed by atoms with Crippen LogP contribution in [0, 0.1) is 6.92 Å². The zero-order chi connectivity index (χ0) is 14.1. The predicted octanol–water partition coefficient (Wildman–Crippen LogP) is 4.67. The summed E-state index contributed by atoms with van der Waals surface area (Å²) in [5.41, 5.74) is 5.95. The van der Waals surface area contributed by atoms with Gasteiger partial charge in [-0.1, -0.05) is 40.2 Å². The third-order valence-electron chi connectivity index (χ3n) is 3.95. The summed E-state index contributed by atoms with van der Waals surface area (Å²) in [6, 6.07) is 12.4. The quantitative estimate of drug-likeness (QED) is 0.748. The van der Waals surface area contributed by atoms with Gasteiger partial charge in [-0.05, 0) is 60.6 Å². The Hall–Kier alpha value is -1.41. The molecule has 2 heteroatoms. The summed E-state index contributed by atoms with van der Waals surface area (Å²) < 4.78 is 0.892. The van der Waals surface area contributed by atoms with Crippen molar-refractivity contribution in [3.63, 3.8) is 0 Å². The molecule has 0 bridgehead atoms. The van der Waals surface area contributed by atoms with Gasteiger partial charge in [-0.15, -0.1) is 0 Å². The van der Waals surface area contributed by atoms with Crippen LogP contribution in [0.25, 0.3) is 0 Å². The fourth-order valence-corrected chi connectivity index (χ4v) is 3.58. The van der Waals surface area contributed by atoms with E-state index < -0.39 is 0 Å². The summed E-state index contributed by atoms with van der Waals surface area (Å²) in [6.07, 6.45) is 4.07. The van der Waals surface area contributed by atoms with E-state index >= 15 is 0 Å². The van der Waals surface area contributed by atoms with Crippen molar-refractivity contribution < 1.29 is 4.79 Å². The molecule has 0 N–H and O–H groups in total. The zero-order valence-electron chi connectivity index (χ0n) is 11.6. The topological polar surface area (TPSA) is 17.1 Å². The molecule has 2 aromatic carbocycles. The number of halogens is 1. The van der Waals surface area contributed by atoms with Crippen LogP contribution < -0.4 is 0 Å². The molecule has 1 aliphatic carbocycles. The maximum absolute atomic E-state index is 12.4. The molecule has 1 nitrogen and oxygen atoms in total. The summed E-state index contributed by atoms with van der Waals surface area (Å²) in [5, 5.41) is 0. The minimum absolute atomic E-state index is 0.176. The smallest absolute Gasteiger partial charge is 0.168 e. The van der Waals surface area contributed by atoms with Gasteiger partial charge in [0.25, 0.3) is 0 Å². The van der Waals surface area contributed by atoms with Crippen LogP contribution in [-0.2, 0) is 19.3 Å². The first-order chi connectivity index (χ1) is 9.63. The van der Waals surface area contributed by atoms with Gasteiger partial charge in [-0.25, -0.2) is 0 Å². The van der Waals surface area contributed by atoms with Crippen molar-refractivity contribution in [1.82, 2.24) is 0 Å². The molecule has 0 amide bonds. The number of ketones is 1. The summed E-state index contributed by atoms with van der Waals surface area (Å²) in [7, 11) is 0. The molecule has 0 radical (unpaired) electrons. The van der Waals surface area contributed by atoms with Crippen LogP contribution in [0.4, 0.5) is 0 Å². The standard InChI is InChI=1S/C18H17BrO/c1-12-5-8-16(17(19)9-12)18(20)11-13-6-7-14-3-2-4-15(14)10-13/h5-10H,2-4,11H2,1H3. The molecule has 0 atom stereocenters. The number of benzene rings is 2. The number of carbonyl (C=O) groups is 1. The fourth-order valence-electron chi connectivity index (χ4n) is 2.86. The summed E-state index contributed by atoms with van der Waals surface area (Å²) in [6.45, 7) is 2.03. The summed E-state index contributed by atoms with van der Waals surface area (Å²) >= 11 is 3.49. The highest BCUT2D eigenvalue weighted by Crippen LogP contribution is 2.24. The Labute approximate surface area is 128 Å². The molecule has 0 fully saturated rings. The monoisotopic (exact) mass is 328 g/mol. The highest BCUT2D eigenvalue weighted by atomic mass is 79.9. The van der Waals surface area contributed by atoms with Gasteiger partial charge in [-0.2, -0.15) is 0 Å². The molecule has 0 heterocycles. The molecule has 0 aliphatic heterocycles. The Morgan fingerprint density at radius 3 is 2.70 bits per heavy atom. The molecular formula is C18H17BrO. The first-order valence-electron chi connectivity index (χ1n) is 7.03. The molecule has 102 valence electrons. The van der Waals surface area contributed by atoms with Crippen molar-refractivity contribution in [2.75, 3.05) is 0 Å². The van der Waals surface area contributed by atoms with Crippen LogP contribution in [0.15, 0.2) is 40.9 Å². The van der Waals surface area contributed by atoms with Crippen LogP contribution in [0.5, 0.6) is 0 Å². The van der Waals surface area contributed by atoms with Gasteiger partial charge in [-0.3, -0.25) is 4.79 Å². The third kappa shape index (κ3) is 2.71. The van der Waals surface area contributed by atoms with Crippen molar-refractivity contribution in [2.24, 2.45) is 0 Å². The Bertz CT molecular complexity index is 673. The Balaban J connectivity index is 1.82. The molecule has 1 aliphatic rings. The van der Waals surface area contributed by atoms with E-state index in [9.17, 15) is 4.79 Å². The Morgan fingerprint density at radius 2 is 1.90 bits per heavy atom. The van der Waals surface area contributed by atoms with E-state index in [1.807, 2.05) is 25.1 Å². The van der Waals surface area contributed by atoms with Crippen LogP contribution in [-0.4, -0.2) is 5.78 Å². The third-order valence-corrected chi connectivity index (χ3v) is 4.61. The lowest BCUT2D eigenvalue weighted by atomic mass is 9.99. The summed E-state index contributed by atoms with van der Waals surface area (Å²) in [5.74, 6) is 0.176. The number of Topliss-reactive ketones (excluding diaryl/α,β-unsaturated/α-hetero) is 1. The lowest BCUT2D eigenvalue weighted by Gasteiger charge is -2.07.